The van der Waals surface area contributed by atoms with Gasteiger partial charge >= 0.3 is 6.09 Å². The van der Waals surface area contributed by atoms with Crippen LogP contribution in [0.25, 0.3) is 0 Å². The van der Waals surface area contributed by atoms with Crippen LogP contribution < -0.4 is 9.47 Å². The monoisotopic (exact) mass is 293 g/mol. The molecule has 116 valence electrons. The topological polar surface area (TPSA) is 48.0 Å². The van der Waals surface area contributed by atoms with Crippen LogP contribution in [0.4, 0.5) is 4.79 Å². The summed E-state index contributed by atoms with van der Waals surface area (Å²) in [4.78, 5) is 13.8. The van der Waals surface area contributed by atoms with Crippen LogP contribution in [0, 0.1) is 0 Å². The van der Waals surface area contributed by atoms with Gasteiger partial charge in [0.2, 0.25) is 0 Å². The fraction of sp³-hybridized carbons (Fsp3) is 0.562. The van der Waals surface area contributed by atoms with Gasteiger partial charge in [-0.25, -0.2) is 4.79 Å². The van der Waals surface area contributed by atoms with Crippen LogP contribution in [-0.2, 0) is 11.3 Å². The minimum atomic E-state index is -0.494. The predicted octanol–water partition coefficient (Wildman–Crippen LogP) is 3.21. The molecule has 5 nitrogen and oxygen atoms in total. The van der Waals surface area contributed by atoms with Crippen LogP contribution >= 0.6 is 0 Å². The largest absolute Gasteiger partial charge is 0.494 e. The number of carbonyl (C=O) groups is 1. The molecule has 0 saturated carbocycles. The summed E-state index contributed by atoms with van der Waals surface area (Å²) in [5, 5.41) is 0. The van der Waals surface area contributed by atoms with E-state index in [0.717, 1.165) is 17.1 Å². The number of rotatable bonds is 2. The van der Waals surface area contributed by atoms with Crippen LogP contribution in [0.5, 0.6) is 11.5 Å². The maximum absolute atomic E-state index is 12.2. The third-order valence-electron chi connectivity index (χ3n) is 2.98. The van der Waals surface area contributed by atoms with E-state index in [0.29, 0.717) is 26.3 Å². The molecule has 2 rings (SSSR count). The van der Waals surface area contributed by atoms with Crippen molar-refractivity contribution >= 4 is 6.09 Å². The number of hydrogen-bond acceptors (Lipinski definition) is 4. The van der Waals surface area contributed by atoms with Gasteiger partial charge < -0.3 is 19.1 Å². The van der Waals surface area contributed by atoms with E-state index in [4.69, 9.17) is 14.2 Å². The van der Waals surface area contributed by atoms with Crippen molar-refractivity contribution < 1.29 is 19.0 Å². The fourth-order valence-electron chi connectivity index (χ4n) is 2.09. The van der Waals surface area contributed by atoms with E-state index in [9.17, 15) is 4.79 Å². The Morgan fingerprint density at radius 2 is 2.14 bits per heavy atom. The zero-order chi connectivity index (χ0) is 15.5. The van der Waals surface area contributed by atoms with E-state index in [1.54, 1.807) is 4.90 Å². The Kier molecular flexibility index (Phi) is 4.60. The first-order chi connectivity index (χ1) is 9.89. The summed E-state index contributed by atoms with van der Waals surface area (Å²) in [6.07, 6.45) is -0.312. The molecular weight excluding hydrogens is 270 g/mol. The van der Waals surface area contributed by atoms with Crippen LogP contribution in [0.3, 0.4) is 0 Å². The number of benzene rings is 1. The average molecular weight is 293 g/mol. The van der Waals surface area contributed by atoms with Gasteiger partial charge in [0.1, 0.15) is 23.7 Å². The average Bonchev–Trinajstić information content (AvgIpc) is 2.59. The minimum Gasteiger partial charge on any atom is -0.494 e. The van der Waals surface area contributed by atoms with Crippen molar-refractivity contribution in [2.45, 2.75) is 39.8 Å². The van der Waals surface area contributed by atoms with E-state index >= 15 is 0 Å². The standard InChI is InChI=1S/C16H23NO4/c1-5-19-13-7-6-12-11-17(8-9-20-14(12)10-13)15(18)21-16(2,3)4/h6-7,10H,5,8-9,11H2,1-4H3. The molecule has 0 unspecified atom stereocenters. The predicted molar refractivity (Wildman–Crippen MR) is 79.8 cm³/mol. The van der Waals surface area contributed by atoms with Gasteiger partial charge in [0.15, 0.2) is 0 Å². The van der Waals surface area contributed by atoms with Gasteiger partial charge in [-0.1, -0.05) is 0 Å². The van der Waals surface area contributed by atoms with E-state index in [1.165, 1.54) is 0 Å². The fourth-order valence-corrected chi connectivity index (χ4v) is 2.09. The molecule has 0 radical (unpaired) electrons. The second kappa shape index (κ2) is 6.24. The zero-order valence-electron chi connectivity index (χ0n) is 13.1. The first-order valence-corrected chi connectivity index (χ1v) is 7.25. The second-order valence-electron chi connectivity index (χ2n) is 5.95. The zero-order valence-corrected chi connectivity index (χ0v) is 13.1. The molecule has 1 amide bonds. The van der Waals surface area contributed by atoms with Gasteiger partial charge in [0.05, 0.1) is 19.7 Å². The lowest BCUT2D eigenvalue weighted by molar-refractivity contribution is 0.0225. The number of fused-ring (bicyclic) bond motifs is 1. The van der Waals surface area contributed by atoms with Crippen molar-refractivity contribution in [1.29, 1.82) is 0 Å². The molecule has 1 aliphatic heterocycles. The molecule has 1 aliphatic rings. The van der Waals surface area contributed by atoms with Gasteiger partial charge in [-0.15, -0.1) is 0 Å². The summed E-state index contributed by atoms with van der Waals surface area (Å²) in [6.45, 7) is 9.58. The SMILES string of the molecule is CCOc1ccc2c(c1)OCCN(C(=O)OC(C)(C)C)C2. The van der Waals surface area contributed by atoms with Crippen LogP contribution in [-0.4, -0.2) is 36.4 Å². The summed E-state index contributed by atoms with van der Waals surface area (Å²) in [6, 6.07) is 5.70. The smallest absolute Gasteiger partial charge is 0.410 e. The van der Waals surface area contributed by atoms with Crippen molar-refractivity contribution in [3.05, 3.63) is 23.8 Å². The lowest BCUT2D eigenvalue weighted by Crippen LogP contribution is -2.37. The summed E-state index contributed by atoms with van der Waals surface area (Å²) in [7, 11) is 0. The Balaban J connectivity index is 2.12. The number of nitrogens with zero attached hydrogens (tertiary/aromatic N) is 1. The summed E-state index contributed by atoms with van der Waals surface area (Å²) >= 11 is 0. The lowest BCUT2D eigenvalue weighted by atomic mass is 10.2. The number of hydrogen-bond donors (Lipinski definition) is 0. The first kappa shape index (κ1) is 15.5. The van der Waals surface area contributed by atoms with Crippen molar-refractivity contribution in [3.8, 4) is 11.5 Å². The Morgan fingerprint density at radius 1 is 1.38 bits per heavy atom. The molecule has 0 atom stereocenters. The number of ether oxygens (including phenoxy) is 3. The molecule has 21 heavy (non-hydrogen) atoms. The summed E-state index contributed by atoms with van der Waals surface area (Å²) in [5.41, 5.74) is 0.466. The van der Waals surface area contributed by atoms with E-state index in [1.807, 2.05) is 45.9 Å². The highest BCUT2D eigenvalue weighted by atomic mass is 16.6. The normalized spacial score (nSPS) is 14.8. The summed E-state index contributed by atoms with van der Waals surface area (Å²) in [5.74, 6) is 1.55. The maximum atomic E-state index is 12.2. The second-order valence-corrected chi connectivity index (χ2v) is 5.95. The highest BCUT2D eigenvalue weighted by Gasteiger charge is 2.25. The van der Waals surface area contributed by atoms with Crippen LogP contribution in [0.2, 0.25) is 0 Å². The Morgan fingerprint density at radius 3 is 2.81 bits per heavy atom. The molecule has 0 aliphatic carbocycles. The summed E-state index contributed by atoms with van der Waals surface area (Å²) < 4.78 is 16.6. The number of amides is 1. The molecule has 1 aromatic carbocycles. The lowest BCUT2D eigenvalue weighted by Gasteiger charge is -2.26. The maximum Gasteiger partial charge on any atom is 0.410 e. The highest BCUT2D eigenvalue weighted by Crippen LogP contribution is 2.28. The van der Waals surface area contributed by atoms with Gasteiger partial charge in [-0.2, -0.15) is 0 Å². The van der Waals surface area contributed by atoms with Gasteiger partial charge in [0, 0.05) is 11.6 Å². The molecule has 1 heterocycles. The third kappa shape index (κ3) is 4.28. The van der Waals surface area contributed by atoms with E-state index in [-0.39, 0.29) is 6.09 Å². The molecule has 0 spiro atoms. The van der Waals surface area contributed by atoms with Crippen molar-refractivity contribution in [3.63, 3.8) is 0 Å². The van der Waals surface area contributed by atoms with Crippen molar-refractivity contribution in [1.82, 2.24) is 4.90 Å². The molecule has 5 heteroatoms. The van der Waals surface area contributed by atoms with Crippen molar-refractivity contribution in [2.24, 2.45) is 0 Å². The molecule has 0 saturated heterocycles. The first-order valence-electron chi connectivity index (χ1n) is 7.25. The van der Waals surface area contributed by atoms with E-state index in [2.05, 4.69) is 0 Å². The molecule has 0 N–H and O–H groups in total. The Bertz CT molecular complexity index is 507. The van der Waals surface area contributed by atoms with Crippen LogP contribution in [0.15, 0.2) is 18.2 Å². The molecule has 0 aromatic heterocycles. The molecule has 0 bridgehead atoms. The molecule has 0 fully saturated rings. The third-order valence-corrected chi connectivity index (χ3v) is 2.98. The quantitative estimate of drug-likeness (QED) is 0.840. The Labute approximate surface area is 125 Å². The Hall–Kier alpha value is -1.91. The van der Waals surface area contributed by atoms with Gasteiger partial charge in [-0.3, -0.25) is 0 Å². The van der Waals surface area contributed by atoms with E-state index < -0.39 is 5.60 Å². The highest BCUT2D eigenvalue weighted by molar-refractivity contribution is 5.68. The molecular formula is C16H23NO4. The molecule has 1 aromatic rings. The van der Waals surface area contributed by atoms with Crippen LogP contribution in [0.1, 0.15) is 33.3 Å². The number of carbonyl (C=O) groups excluding carboxylic acids is 1. The van der Waals surface area contributed by atoms with Crippen molar-refractivity contribution in [2.75, 3.05) is 19.8 Å². The van der Waals surface area contributed by atoms with Gasteiger partial charge in [0.25, 0.3) is 0 Å². The van der Waals surface area contributed by atoms with Gasteiger partial charge in [-0.05, 0) is 39.8 Å². The minimum absolute atomic E-state index is 0.312.